The highest BCUT2D eigenvalue weighted by atomic mass is 32.2. The fourth-order valence-corrected chi connectivity index (χ4v) is 3.92. The molecule has 3 nitrogen and oxygen atoms in total. The third-order valence-electron chi connectivity index (χ3n) is 3.81. The van der Waals surface area contributed by atoms with Crippen LogP contribution < -0.4 is 4.74 Å². The number of hydrogen-bond donors (Lipinski definition) is 1. The number of hydrogen-bond acceptors (Lipinski definition) is 3. The van der Waals surface area contributed by atoms with Crippen LogP contribution in [-0.4, -0.2) is 34.0 Å². The molecular formula is C18H19F3O3S. The van der Waals surface area contributed by atoms with Gasteiger partial charge in [0, 0.05) is 4.90 Å². The minimum atomic E-state index is -4.82. The van der Waals surface area contributed by atoms with Crippen molar-refractivity contribution in [1.29, 1.82) is 0 Å². The first kappa shape index (κ1) is 19.5. The molecule has 0 fully saturated rings. The van der Waals surface area contributed by atoms with Gasteiger partial charge in [0.15, 0.2) is 6.10 Å². The summed E-state index contributed by atoms with van der Waals surface area (Å²) in [5, 5.41) is 8.26. The van der Waals surface area contributed by atoms with E-state index in [1.165, 1.54) is 19.2 Å². The molecule has 0 amide bonds. The maximum Gasteiger partial charge on any atom is 0.415 e. The topological polar surface area (TPSA) is 46.5 Å². The summed E-state index contributed by atoms with van der Waals surface area (Å²) in [5.41, 5.74) is 0.783. The van der Waals surface area contributed by atoms with Crippen molar-refractivity contribution in [3.05, 3.63) is 60.2 Å². The van der Waals surface area contributed by atoms with E-state index in [4.69, 9.17) is 4.74 Å². The second kappa shape index (κ2) is 8.49. The third-order valence-corrected chi connectivity index (χ3v) is 5.59. The van der Waals surface area contributed by atoms with Crippen molar-refractivity contribution in [3.8, 4) is 5.75 Å². The fourth-order valence-electron chi connectivity index (χ4n) is 2.42. The predicted octanol–water partition coefficient (Wildman–Crippen LogP) is 3.73. The van der Waals surface area contributed by atoms with Gasteiger partial charge in [-0.2, -0.15) is 13.2 Å². The average molecular weight is 372 g/mol. The van der Waals surface area contributed by atoms with Gasteiger partial charge in [0.1, 0.15) is 5.75 Å². The Morgan fingerprint density at radius 3 is 2.20 bits per heavy atom. The van der Waals surface area contributed by atoms with E-state index in [0.29, 0.717) is 5.75 Å². The molecule has 0 spiro atoms. The maximum absolute atomic E-state index is 13.0. The SMILES string of the molecule is COc1ccc(CC[C@@H]([C@H](O)C(F)(F)F)[S@](=O)c2ccccc2)cc1. The van der Waals surface area contributed by atoms with Gasteiger partial charge in [-0.25, -0.2) is 0 Å². The Morgan fingerprint density at radius 2 is 1.68 bits per heavy atom. The highest BCUT2D eigenvalue weighted by molar-refractivity contribution is 7.85. The molecule has 0 radical (unpaired) electrons. The standard InChI is InChI=1S/C18H19F3O3S/c1-24-14-10-7-13(8-11-14)9-12-16(17(22)18(19,20)21)25(23)15-5-3-2-4-6-15/h2-8,10-11,16-17,22H,9,12H2,1H3/t16-,17-,25+/m0/s1. The van der Waals surface area contributed by atoms with Crippen LogP contribution in [0.15, 0.2) is 59.5 Å². The third kappa shape index (κ3) is 5.31. The van der Waals surface area contributed by atoms with Crippen molar-refractivity contribution in [1.82, 2.24) is 0 Å². The molecule has 7 heteroatoms. The van der Waals surface area contributed by atoms with Crippen molar-refractivity contribution in [3.63, 3.8) is 0 Å². The summed E-state index contributed by atoms with van der Waals surface area (Å²) in [6.07, 6.45) is -7.27. The first-order valence-corrected chi connectivity index (χ1v) is 8.87. The molecule has 136 valence electrons. The van der Waals surface area contributed by atoms with Crippen LogP contribution in [0.2, 0.25) is 0 Å². The van der Waals surface area contributed by atoms with Gasteiger partial charge in [0.05, 0.1) is 23.2 Å². The molecule has 2 rings (SSSR count). The van der Waals surface area contributed by atoms with E-state index in [9.17, 15) is 22.5 Å². The Balaban J connectivity index is 2.17. The zero-order valence-electron chi connectivity index (χ0n) is 13.6. The Hall–Kier alpha value is -1.86. The van der Waals surface area contributed by atoms with Gasteiger partial charge in [0.25, 0.3) is 0 Å². The minimum Gasteiger partial charge on any atom is -0.497 e. The van der Waals surface area contributed by atoms with Crippen LogP contribution in [0.3, 0.4) is 0 Å². The summed E-state index contributed by atoms with van der Waals surface area (Å²) in [5.74, 6) is 0.642. The van der Waals surface area contributed by atoms with Crippen LogP contribution in [0.4, 0.5) is 13.2 Å². The van der Waals surface area contributed by atoms with Gasteiger partial charge in [-0.3, -0.25) is 4.21 Å². The van der Waals surface area contributed by atoms with E-state index in [2.05, 4.69) is 0 Å². The smallest absolute Gasteiger partial charge is 0.415 e. The fraction of sp³-hybridized carbons (Fsp3) is 0.333. The molecule has 3 atom stereocenters. The summed E-state index contributed by atoms with van der Waals surface area (Å²) in [7, 11) is -0.451. The highest BCUT2D eigenvalue weighted by Gasteiger charge is 2.45. The molecule has 0 saturated heterocycles. The van der Waals surface area contributed by atoms with Crippen LogP contribution in [0, 0.1) is 0 Å². The van der Waals surface area contributed by atoms with Crippen LogP contribution in [0.1, 0.15) is 12.0 Å². The quantitative estimate of drug-likeness (QED) is 0.806. The molecule has 0 heterocycles. The first-order chi connectivity index (χ1) is 11.8. The lowest BCUT2D eigenvalue weighted by Crippen LogP contribution is -2.42. The number of aliphatic hydroxyl groups is 1. The summed E-state index contributed by atoms with van der Waals surface area (Å²) in [6.45, 7) is 0. The first-order valence-electron chi connectivity index (χ1n) is 7.66. The van der Waals surface area contributed by atoms with E-state index < -0.39 is 28.3 Å². The Bertz CT molecular complexity index is 687. The Morgan fingerprint density at radius 1 is 1.08 bits per heavy atom. The molecule has 25 heavy (non-hydrogen) atoms. The zero-order chi connectivity index (χ0) is 18.4. The molecule has 0 bridgehead atoms. The van der Waals surface area contributed by atoms with Gasteiger partial charge in [-0.05, 0) is 42.7 Å². The Labute approximate surface area is 146 Å². The minimum absolute atomic E-state index is 0.0610. The Kier molecular flexibility index (Phi) is 6.61. The van der Waals surface area contributed by atoms with Crippen molar-refractivity contribution < 1.29 is 27.2 Å². The van der Waals surface area contributed by atoms with Gasteiger partial charge in [-0.1, -0.05) is 30.3 Å². The maximum atomic E-state index is 13.0. The molecule has 0 saturated carbocycles. The number of aliphatic hydroxyl groups excluding tert-OH is 1. The molecule has 1 N–H and O–H groups in total. The van der Waals surface area contributed by atoms with E-state index in [1.807, 2.05) is 0 Å². The van der Waals surface area contributed by atoms with E-state index in [-0.39, 0.29) is 17.7 Å². The lowest BCUT2D eigenvalue weighted by atomic mass is 10.1. The average Bonchev–Trinajstić information content (AvgIpc) is 2.62. The molecule has 0 aliphatic carbocycles. The molecule has 0 aliphatic rings. The molecule has 2 aromatic carbocycles. The van der Waals surface area contributed by atoms with Crippen LogP contribution >= 0.6 is 0 Å². The number of ether oxygens (including phenoxy) is 1. The molecule has 0 aliphatic heterocycles. The van der Waals surface area contributed by atoms with E-state index >= 15 is 0 Å². The monoisotopic (exact) mass is 372 g/mol. The van der Waals surface area contributed by atoms with Crippen molar-refractivity contribution >= 4 is 10.8 Å². The summed E-state index contributed by atoms with van der Waals surface area (Å²) in [6, 6.07) is 14.8. The predicted molar refractivity (Wildman–Crippen MR) is 90.0 cm³/mol. The van der Waals surface area contributed by atoms with Crippen LogP contribution in [0.5, 0.6) is 5.75 Å². The van der Waals surface area contributed by atoms with Crippen molar-refractivity contribution in [2.75, 3.05) is 7.11 Å². The van der Waals surface area contributed by atoms with Gasteiger partial charge >= 0.3 is 6.18 Å². The summed E-state index contributed by atoms with van der Waals surface area (Å²) >= 11 is 0. The van der Waals surface area contributed by atoms with Gasteiger partial charge in [0.2, 0.25) is 0 Å². The normalized spacial score (nSPS) is 15.4. The number of benzene rings is 2. The van der Waals surface area contributed by atoms with E-state index in [1.54, 1.807) is 42.5 Å². The largest absolute Gasteiger partial charge is 0.497 e. The number of aryl methyl sites for hydroxylation is 1. The number of alkyl halides is 3. The van der Waals surface area contributed by atoms with Crippen LogP contribution in [-0.2, 0) is 17.2 Å². The van der Waals surface area contributed by atoms with E-state index in [0.717, 1.165) is 5.56 Å². The lowest BCUT2D eigenvalue weighted by Gasteiger charge is -2.24. The molecule has 2 aromatic rings. The van der Waals surface area contributed by atoms with Gasteiger partial charge in [-0.15, -0.1) is 0 Å². The zero-order valence-corrected chi connectivity index (χ0v) is 14.4. The molecule has 0 aromatic heterocycles. The second-order valence-electron chi connectivity index (χ2n) is 5.52. The highest BCUT2D eigenvalue weighted by Crippen LogP contribution is 2.29. The molecular weight excluding hydrogens is 353 g/mol. The van der Waals surface area contributed by atoms with Crippen molar-refractivity contribution in [2.24, 2.45) is 0 Å². The van der Waals surface area contributed by atoms with Crippen LogP contribution in [0.25, 0.3) is 0 Å². The number of halogens is 3. The molecule has 0 unspecified atom stereocenters. The van der Waals surface area contributed by atoms with Gasteiger partial charge < -0.3 is 9.84 Å². The second-order valence-corrected chi connectivity index (χ2v) is 7.19. The van der Waals surface area contributed by atoms with Crippen molar-refractivity contribution in [2.45, 2.75) is 35.3 Å². The summed E-state index contributed by atoms with van der Waals surface area (Å²) < 4.78 is 56.6. The number of rotatable bonds is 7. The summed E-state index contributed by atoms with van der Waals surface area (Å²) in [4.78, 5) is 0.269. The lowest BCUT2D eigenvalue weighted by molar-refractivity contribution is -0.203. The number of methoxy groups -OCH3 is 1.